The summed E-state index contributed by atoms with van der Waals surface area (Å²) >= 11 is 6.13. The second-order valence-electron chi connectivity index (χ2n) is 5.95. The van der Waals surface area contributed by atoms with E-state index in [1.165, 1.54) is 5.56 Å². The lowest BCUT2D eigenvalue weighted by molar-refractivity contribution is -0.122. The number of carbonyl (C=O) groups is 1. The quantitative estimate of drug-likeness (QED) is 0.477. The Morgan fingerprint density at radius 1 is 1.23 bits per heavy atom. The predicted molar refractivity (Wildman–Crippen MR) is 93.9 cm³/mol. The first kappa shape index (κ1) is 19.0. The number of ether oxygens (including phenoxy) is 1. The number of ketones is 1. The Morgan fingerprint density at radius 2 is 2.00 bits per heavy atom. The monoisotopic (exact) mass is 324 g/mol. The molecule has 1 atom stereocenters. The van der Waals surface area contributed by atoms with Crippen LogP contribution in [0.2, 0.25) is 5.02 Å². The molecule has 0 radical (unpaired) electrons. The Bertz CT molecular complexity index is 457. The van der Waals surface area contributed by atoms with Gasteiger partial charge >= 0.3 is 0 Å². The smallest absolute Gasteiger partial charge is 0.138 e. The number of rotatable bonds is 11. The average molecular weight is 325 g/mol. The Balaban J connectivity index is 2.31. The van der Waals surface area contributed by atoms with E-state index < -0.39 is 0 Å². The SMILES string of the molecule is CCCOc1cc(CCCCCC(=O)C(C)CC)ccc1Cl. The summed E-state index contributed by atoms with van der Waals surface area (Å²) in [6.07, 6.45) is 6.85. The molecule has 0 aliphatic carbocycles. The average Bonchev–Trinajstić information content (AvgIpc) is 2.53. The highest BCUT2D eigenvalue weighted by atomic mass is 35.5. The van der Waals surface area contributed by atoms with Crippen LogP contribution >= 0.6 is 11.6 Å². The highest BCUT2D eigenvalue weighted by molar-refractivity contribution is 6.32. The van der Waals surface area contributed by atoms with Crippen LogP contribution in [0.5, 0.6) is 5.75 Å². The fourth-order valence-corrected chi connectivity index (χ4v) is 2.48. The molecule has 1 unspecified atom stereocenters. The largest absolute Gasteiger partial charge is 0.492 e. The molecule has 22 heavy (non-hydrogen) atoms. The van der Waals surface area contributed by atoms with E-state index in [2.05, 4.69) is 19.9 Å². The van der Waals surface area contributed by atoms with Crippen molar-refractivity contribution in [3.63, 3.8) is 0 Å². The molecule has 0 saturated heterocycles. The predicted octanol–water partition coefficient (Wildman–Crippen LogP) is 5.85. The summed E-state index contributed by atoms with van der Waals surface area (Å²) in [7, 11) is 0. The molecule has 1 aromatic rings. The fourth-order valence-electron chi connectivity index (χ4n) is 2.31. The molecule has 0 amide bonds. The molecule has 124 valence electrons. The summed E-state index contributed by atoms with van der Waals surface area (Å²) in [4.78, 5) is 11.8. The molecule has 2 nitrogen and oxygen atoms in total. The van der Waals surface area contributed by atoms with Gasteiger partial charge in [0.05, 0.1) is 11.6 Å². The number of benzene rings is 1. The maximum absolute atomic E-state index is 11.8. The van der Waals surface area contributed by atoms with Crippen molar-refractivity contribution in [3.8, 4) is 5.75 Å². The molecular weight excluding hydrogens is 296 g/mol. The molecule has 0 saturated carbocycles. The summed E-state index contributed by atoms with van der Waals surface area (Å²) in [5, 5.41) is 0.677. The second kappa shape index (κ2) is 10.7. The fraction of sp³-hybridized carbons (Fsp3) is 0.632. The van der Waals surface area contributed by atoms with Gasteiger partial charge in [0.25, 0.3) is 0 Å². The van der Waals surface area contributed by atoms with E-state index in [0.717, 1.165) is 50.7 Å². The van der Waals surface area contributed by atoms with Gasteiger partial charge in [-0.1, -0.05) is 44.9 Å². The summed E-state index contributed by atoms with van der Waals surface area (Å²) < 4.78 is 5.65. The van der Waals surface area contributed by atoms with E-state index >= 15 is 0 Å². The summed E-state index contributed by atoms with van der Waals surface area (Å²) in [5.41, 5.74) is 1.25. The molecule has 0 heterocycles. The zero-order valence-electron chi connectivity index (χ0n) is 14.2. The van der Waals surface area contributed by atoms with Gasteiger partial charge in [-0.15, -0.1) is 0 Å². The molecule has 0 N–H and O–H groups in total. The standard InChI is InChI=1S/C19H29ClO2/c1-4-13-22-19-14-16(11-12-17(19)20)9-7-6-8-10-18(21)15(3)5-2/h11-12,14-15H,4-10,13H2,1-3H3. The van der Waals surface area contributed by atoms with E-state index in [1.807, 2.05) is 19.1 Å². The lowest BCUT2D eigenvalue weighted by atomic mass is 9.98. The van der Waals surface area contributed by atoms with Crippen LogP contribution in [0.4, 0.5) is 0 Å². The van der Waals surface area contributed by atoms with Gasteiger partial charge in [0.2, 0.25) is 0 Å². The van der Waals surface area contributed by atoms with Crippen LogP contribution in [0, 0.1) is 5.92 Å². The highest BCUT2D eigenvalue weighted by Gasteiger charge is 2.09. The molecule has 0 fully saturated rings. The maximum Gasteiger partial charge on any atom is 0.138 e. The van der Waals surface area contributed by atoms with Crippen molar-refractivity contribution in [2.75, 3.05) is 6.61 Å². The van der Waals surface area contributed by atoms with Crippen molar-refractivity contribution in [3.05, 3.63) is 28.8 Å². The van der Waals surface area contributed by atoms with Crippen LogP contribution in [0.25, 0.3) is 0 Å². The van der Waals surface area contributed by atoms with Crippen molar-refractivity contribution >= 4 is 17.4 Å². The molecule has 3 heteroatoms. The summed E-state index contributed by atoms with van der Waals surface area (Å²) in [6.45, 7) is 6.87. The first-order valence-corrected chi connectivity index (χ1v) is 8.90. The van der Waals surface area contributed by atoms with E-state index in [-0.39, 0.29) is 5.92 Å². The van der Waals surface area contributed by atoms with Gasteiger partial charge in [-0.3, -0.25) is 4.79 Å². The zero-order valence-corrected chi connectivity index (χ0v) is 14.9. The van der Waals surface area contributed by atoms with Crippen LogP contribution < -0.4 is 4.74 Å². The van der Waals surface area contributed by atoms with E-state index in [9.17, 15) is 4.79 Å². The molecule has 1 aromatic carbocycles. The topological polar surface area (TPSA) is 26.3 Å². The number of carbonyl (C=O) groups excluding carboxylic acids is 1. The van der Waals surface area contributed by atoms with E-state index in [1.54, 1.807) is 0 Å². The molecular formula is C19H29ClO2. The second-order valence-corrected chi connectivity index (χ2v) is 6.36. The summed E-state index contributed by atoms with van der Waals surface area (Å²) in [6, 6.07) is 6.02. The lowest BCUT2D eigenvalue weighted by Crippen LogP contribution is -2.09. The Kier molecular flexibility index (Phi) is 9.22. The van der Waals surface area contributed by atoms with Crippen molar-refractivity contribution in [2.24, 2.45) is 5.92 Å². The molecule has 1 rings (SSSR count). The minimum Gasteiger partial charge on any atom is -0.492 e. The van der Waals surface area contributed by atoms with Crippen LogP contribution in [-0.2, 0) is 11.2 Å². The maximum atomic E-state index is 11.8. The minimum absolute atomic E-state index is 0.217. The Labute approximate surface area is 140 Å². The third-order valence-corrected chi connectivity index (χ3v) is 4.32. The highest BCUT2D eigenvalue weighted by Crippen LogP contribution is 2.26. The number of hydrogen-bond acceptors (Lipinski definition) is 2. The van der Waals surface area contributed by atoms with Crippen LogP contribution in [0.15, 0.2) is 18.2 Å². The third kappa shape index (κ3) is 6.83. The van der Waals surface area contributed by atoms with Gasteiger partial charge < -0.3 is 4.74 Å². The number of Topliss-reactive ketones (excluding diaryl/α,β-unsaturated/α-hetero) is 1. The van der Waals surface area contributed by atoms with Crippen molar-refractivity contribution < 1.29 is 9.53 Å². The molecule has 0 bridgehead atoms. The lowest BCUT2D eigenvalue weighted by Gasteiger charge is -2.09. The Morgan fingerprint density at radius 3 is 2.68 bits per heavy atom. The van der Waals surface area contributed by atoms with Crippen molar-refractivity contribution in [1.82, 2.24) is 0 Å². The van der Waals surface area contributed by atoms with E-state index in [4.69, 9.17) is 16.3 Å². The number of halogens is 1. The molecule has 0 aliphatic rings. The molecule has 0 aromatic heterocycles. The van der Waals surface area contributed by atoms with Crippen molar-refractivity contribution in [1.29, 1.82) is 0 Å². The van der Waals surface area contributed by atoms with Gasteiger partial charge in [0.15, 0.2) is 0 Å². The zero-order chi connectivity index (χ0) is 16.4. The van der Waals surface area contributed by atoms with Crippen molar-refractivity contribution in [2.45, 2.75) is 65.7 Å². The van der Waals surface area contributed by atoms with Crippen LogP contribution in [0.3, 0.4) is 0 Å². The Hall–Kier alpha value is -1.02. The first-order valence-electron chi connectivity index (χ1n) is 8.52. The molecule has 0 spiro atoms. The summed E-state index contributed by atoms with van der Waals surface area (Å²) in [5.74, 6) is 1.41. The van der Waals surface area contributed by atoms with Crippen LogP contribution in [0.1, 0.15) is 64.9 Å². The van der Waals surface area contributed by atoms with Gasteiger partial charge in [-0.05, 0) is 49.8 Å². The van der Waals surface area contributed by atoms with Gasteiger partial charge in [-0.25, -0.2) is 0 Å². The van der Waals surface area contributed by atoms with E-state index in [0.29, 0.717) is 17.4 Å². The number of unbranched alkanes of at least 4 members (excludes halogenated alkanes) is 2. The van der Waals surface area contributed by atoms with Gasteiger partial charge in [0.1, 0.15) is 11.5 Å². The van der Waals surface area contributed by atoms with Gasteiger partial charge in [-0.2, -0.15) is 0 Å². The number of aryl methyl sites for hydroxylation is 1. The molecule has 0 aliphatic heterocycles. The first-order chi connectivity index (χ1) is 10.6. The normalized spacial score (nSPS) is 12.2. The third-order valence-electron chi connectivity index (χ3n) is 4.01. The van der Waals surface area contributed by atoms with Gasteiger partial charge in [0, 0.05) is 12.3 Å². The minimum atomic E-state index is 0.217. The number of hydrogen-bond donors (Lipinski definition) is 0. The van der Waals surface area contributed by atoms with Crippen LogP contribution in [-0.4, -0.2) is 12.4 Å².